The molecule has 1 aromatic rings. The average molecular weight is 289 g/mol. The number of morpholine rings is 1. The Morgan fingerprint density at radius 3 is 2.71 bits per heavy atom. The summed E-state index contributed by atoms with van der Waals surface area (Å²) >= 11 is 0. The molecule has 3 atom stereocenters. The number of esters is 1. The van der Waals surface area contributed by atoms with E-state index in [1.165, 1.54) is 12.0 Å². The highest BCUT2D eigenvalue weighted by Gasteiger charge is 2.53. The molecule has 1 amide bonds. The minimum absolute atomic E-state index is 0.355. The Balaban J connectivity index is 1.83. The molecule has 2 bridgehead atoms. The fourth-order valence-corrected chi connectivity index (χ4v) is 2.47. The lowest BCUT2D eigenvalue weighted by atomic mass is 10.1. The van der Waals surface area contributed by atoms with Gasteiger partial charge in [-0.05, 0) is 5.56 Å². The van der Waals surface area contributed by atoms with Crippen LogP contribution in [-0.2, 0) is 30.3 Å². The van der Waals surface area contributed by atoms with E-state index in [0.29, 0.717) is 12.2 Å². The number of nitrogens with zero attached hydrogens (tertiary/aromatic N) is 1. The predicted molar refractivity (Wildman–Crippen MR) is 71.7 cm³/mol. The molecule has 2 fully saturated rings. The maximum Gasteiger partial charge on any atom is 0.338 e. The summed E-state index contributed by atoms with van der Waals surface area (Å²) in [6.07, 6.45) is -2.71. The first-order valence-electron chi connectivity index (χ1n) is 6.54. The minimum Gasteiger partial charge on any atom is -0.467 e. The molecule has 0 N–H and O–H groups in total. The van der Waals surface area contributed by atoms with E-state index in [1.807, 2.05) is 30.3 Å². The Kier molecular flexibility index (Phi) is 3.48. The lowest BCUT2D eigenvalue weighted by Gasteiger charge is -2.32. The molecule has 2 aliphatic rings. The summed E-state index contributed by atoms with van der Waals surface area (Å²) < 4.78 is 15.4. The van der Waals surface area contributed by atoms with E-state index in [1.54, 1.807) is 0 Å². The van der Waals surface area contributed by atoms with E-state index in [2.05, 4.69) is 11.3 Å². The normalized spacial score (nSPS) is 27.9. The monoisotopic (exact) mass is 289 g/mol. The first kappa shape index (κ1) is 13.8. The van der Waals surface area contributed by atoms with Crippen molar-refractivity contribution in [2.75, 3.05) is 7.11 Å². The van der Waals surface area contributed by atoms with Crippen molar-refractivity contribution < 1.29 is 23.8 Å². The van der Waals surface area contributed by atoms with Gasteiger partial charge < -0.3 is 19.1 Å². The lowest BCUT2D eigenvalue weighted by molar-refractivity contribution is -0.169. The molecule has 1 aromatic carbocycles. The van der Waals surface area contributed by atoms with Crippen LogP contribution in [0.3, 0.4) is 0 Å². The molecule has 2 heterocycles. The van der Waals surface area contributed by atoms with Crippen molar-refractivity contribution in [3.8, 4) is 0 Å². The van der Waals surface area contributed by atoms with Crippen LogP contribution in [0.25, 0.3) is 0 Å². The molecular formula is C15H15NO5. The number of ether oxygens (including phenoxy) is 3. The summed E-state index contributed by atoms with van der Waals surface area (Å²) in [4.78, 5) is 25.5. The summed E-state index contributed by atoms with van der Waals surface area (Å²) in [5.74, 6) is -0.926. The fourth-order valence-electron chi connectivity index (χ4n) is 2.47. The second-order valence-electron chi connectivity index (χ2n) is 4.87. The average Bonchev–Trinajstić information content (AvgIpc) is 2.92. The molecule has 0 unspecified atom stereocenters. The molecule has 0 aliphatic carbocycles. The van der Waals surface area contributed by atoms with Crippen LogP contribution in [0.1, 0.15) is 5.56 Å². The first-order chi connectivity index (χ1) is 10.1. The van der Waals surface area contributed by atoms with Crippen molar-refractivity contribution >= 4 is 11.9 Å². The van der Waals surface area contributed by atoms with E-state index >= 15 is 0 Å². The molecule has 21 heavy (non-hydrogen) atoms. The van der Waals surface area contributed by atoms with Gasteiger partial charge in [0.1, 0.15) is 6.10 Å². The lowest BCUT2D eigenvalue weighted by Crippen LogP contribution is -2.46. The summed E-state index contributed by atoms with van der Waals surface area (Å²) in [5, 5.41) is 0. The van der Waals surface area contributed by atoms with Gasteiger partial charge in [0.05, 0.1) is 13.7 Å². The van der Waals surface area contributed by atoms with E-state index in [0.717, 1.165) is 5.56 Å². The quantitative estimate of drug-likeness (QED) is 0.771. The number of fused-ring (bicyclic) bond motifs is 2. The summed E-state index contributed by atoms with van der Waals surface area (Å²) in [6, 6.07) is 9.52. The van der Waals surface area contributed by atoms with E-state index in [-0.39, 0.29) is 5.91 Å². The predicted octanol–water partition coefficient (Wildman–Crippen LogP) is 0.826. The third-order valence-electron chi connectivity index (χ3n) is 3.58. The van der Waals surface area contributed by atoms with Crippen LogP contribution in [0, 0.1) is 0 Å². The zero-order valence-electron chi connectivity index (χ0n) is 11.5. The highest BCUT2D eigenvalue weighted by atomic mass is 16.8. The van der Waals surface area contributed by atoms with Crippen LogP contribution in [0.4, 0.5) is 0 Å². The van der Waals surface area contributed by atoms with Gasteiger partial charge in [0, 0.05) is 5.70 Å². The number of carbonyl (C=O) groups is 2. The molecular weight excluding hydrogens is 274 g/mol. The van der Waals surface area contributed by atoms with Gasteiger partial charge in [-0.25, -0.2) is 4.79 Å². The Morgan fingerprint density at radius 1 is 1.33 bits per heavy atom. The molecule has 110 valence electrons. The van der Waals surface area contributed by atoms with Crippen LogP contribution >= 0.6 is 0 Å². The SMILES string of the molecule is C=C1[C@@H]2O[C@H](O[C@@H]2C(=O)OC)C(=O)N1Cc1ccccc1. The van der Waals surface area contributed by atoms with Crippen LogP contribution in [0.5, 0.6) is 0 Å². The van der Waals surface area contributed by atoms with Crippen molar-refractivity contribution in [3.63, 3.8) is 0 Å². The number of amides is 1. The van der Waals surface area contributed by atoms with Crippen LogP contribution in [0.15, 0.2) is 42.6 Å². The van der Waals surface area contributed by atoms with E-state index in [9.17, 15) is 9.59 Å². The number of hydrogen-bond acceptors (Lipinski definition) is 5. The Labute approximate surface area is 121 Å². The summed E-state index contributed by atoms with van der Waals surface area (Å²) in [6.45, 7) is 4.25. The third-order valence-corrected chi connectivity index (χ3v) is 3.58. The highest BCUT2D eigenvalue weighted by molar-refractivity contribution is 5.86. The highest BCUT2D eigenvalue weighted by Crippen LogP contribution is 2.34. The van der Waals surface area contributed by atoms with Gasteiger partial charge >= 0.3 is 5.97 Å². The minimum atomic E-state index is -1.08. The van der Waals surface area contributed by atoms with Crippen LogP contribution < -0.4 is 0 Å². The van der Waals surface area contributed by atoms with Crippen molar-refractivity contribution in [2.24, 2.45) is 0 Å². The fraction of sp³-hybridized carbons (Fsp3) is 0.333. The Bertz CT molecular complexity index is 585. The van der Waals surface area contributed by atoms with Crippen molar-refractivity contribution in [3.05, 3.63) is 48.2 Å². The molecule has 0 radical (unpaired) electrons. The van der Waals surface area contributed by atoms with Gasteiger partial charge in [-0.2, -0.15) is 0 Å². The number of carbonyl (C=O) groups excluding carboxylic acids is 2. The van der Waals surface area contributed by atoms with Gasteiger partial charge in [0.2, 0.25) is 6.29 Å². The molecule has 2 aliphatic heterocycles. The Hall–Kier alpha value is -2.18. The van der Waals surface area contributed by atoms with Gasteiger partial charge in [0.15, 0.2) is 6.10 Å². The Morgan fingerprint density at radius 2 is 2.05 bits per heavy atom. The largest absolute Gasteiger partial charge is 0.467 e. The molecule has 6 nitrogen and oxygen atoms in total. The molecule has 0 saturated carbocycles. The third kappa shape index (κ3) is 2.32. The zero-order valence-corrected chi connectivity index (χ0v) is 11.5. The zero-order chi connectivity index (χ0) is 15.0. The molecule has 0 aromatic heterocycles. The maximum absolute atomic E-state index is 12.3. The van der Waals surface area contributed by atoms with Crippen molar-refractivity contribution in [2.45, 2.75) is 25.0 Å². The topological polar surface area (TPSA) is 65.1 Å². The van der Waals surface area contributed by atoms with E-state index < -0.39 is 24.5 Å². The molecule has 0 spiro atoms. The number of benzene rings is 1. The smallest absolute Gasteiger partial charge is 0.338 e. The molecule has 2 saturated heterocycles. The van der Waals surface area contributed by atoms with Gasteiger partial charge in [-0.15, -0.1) is 0 Å². The second kappa shape index (κ2) is 5.31. The maximum atomic E-state index is 12.3. The summed E-state index contributed by atoms with van der Waals surface area (Å²) in [7, 11) is 1.26. The van der Waals surface area contributed by atoms with Gasteiger partial charge in [0.25, 0.3) is 5.91 Å². The first-order valence-corrected chi connectivity index (χ1v) is 6.54. The number of hydrogen-bond donors (Lipinski definition) is 0. The number of methoxy groups -OCH3 is 1. The molecule has 3 rings (SSSR count). The second-order valence-corrected chi connectivity index (χ2v) is 4.87. The van der Waals surface area contributed by atoms with Crippen molar-refractivity contribution in [1.82, 2.24) is 4.90 Å². The molecule has 6 heteroatoms. The van der Waals surface area contributed by atoms with Gasteiger partial charge in [-0.3, -0.25) is 4.79 Å². The number of rotatable bonds is 3. The van der Waals surface area contributed by atoms with Crippen LogP contribution in [-0.4, -0.2) is 42.4 Å². The van der Waals surface area contributed by atoms with E-state index in [4.69, 9.17) is 9.47 Å². The standard InChI is InChI=1S/C15H15NO5/c1-9-11-12(14(18)19-2)21-15(20-11)13(17)16(9)8-10-6-4-3-5-7-10/h3-7,11-12,15H,1,8H2,2H3/t11-,12-,15+/m0/s1. The van der Waals surface area contributed by atoms with Crippen molar-refractivity contribution in [1.29, 1.82) is 0 Å². The van der Waals surface area contributed by atoms with Gasteiger partial charge in [-0.1, -0.05) is 36.9 Å². The van der Waals surface area contributed by atoms with Crippen LogP contribution in [0.2, 0.25) is 0 Å². The summed E-state index contributed by atoms with van der Waals surface area (Å²) in [5.41, 5.74) is 1.37.